The van der Waals surface area contributed by atoms with Gasteiger partial charge in [-0.25, -0.2) is 4.98 Å². The Morgan fingerprint density at radius 2 is 1.92 bits per heavy atom. The number of H-pyrrole nitrogens is 1. The number of imidazole rings is 1. The number of nitrogens with one attached hydrogen (secondary N) is 1. The molecule has 6 rings (SSSR count). The van der Waals surface area contributed by atoms with Gasteiger partial charge in [-0.2, -0.15) is 0 Å². The largest absolute Gasteiger partial charge is 0.348 e. The lowest BCUT2D eigenvalue weighted by Crippen LogP contribution is -2.60. The molecule has 1 aromatic carbocycles. The summed E-state index contributed by atoms with van der Waals surface area (Å²) in [6, 6.07) is 12.6. The van der Waals surface area contributed by atoms with Gasteiger partial charge >= 0.3 is 0 Å². The third kappa shape index (κ3) is 2.24. The van der Waals surface area contributed by atoms with Crippen LogP contribution in [0.1, 0.15) is 35.7 Å². The van der Waals surface area contributed by atoms with Gasteiger partial charge < -0.3 is 4.98 Å². The number of benzene rings is 1. The van der Waals surface area contributed by atoms with E-state index in [1.54, 1.807) is 0 Å². The monoisotopic (exact) mass is 322 g/mol. The van der Waals surface area contributed by atoms with Crippen LogP contribution in [0, 0.1) is 12.8 Å². The van der Waals surface area contributed by atoms with Crippen molar-refractivity contribution < 1.29 is 0 Å². The first kappa shape index (κ1) is 14.7. The van der Waals surface area contributed by atoms with Crippen LogP contribution in [0.15, 0.2) is 36.7 Å². The van der Waals surface area contributed by atoms with Crippen LogP contribution in [0.3, 0.4) is 0 Å². The van der Waals surface area contributed by atoms with Gasteiger partial charge in [0.05, 0.1) is 12.0 Å². The molecule has 2 bridgehead atoms. The lowest BCUT2D eigenvalue weighted by Gasteiger charge is -2.51. The first-order valence-electron chi connectivity index (χ1n) is 9.33. The molecule has 0 aliphatic carbocycles. The molecule has 0 amide bonds. The Balaban J connectivity index is 1.49. The maximum atomic E-state index is 4.57. The highest BCUT2D eigenvalue weighted by atomic mass is 15.3. The van der Waals surface area contributed by atoms with E-state index in [9.17, 15) is 0 Å². The average molecular weight is 322 g/mol. The molecule has 2 aromatic rings. The van der Waals surface area contributed by atoms with Crippen molar-refractivity contribution in [2.24, 2.45) is 5.92 Å². The number of aryl methyl sites for hydroxylation is 1. The van der Waals surface area contributed by atoms with Gasteiger partial charge in [-0.15, -0.1) is 0 Å². The molecule has 4 fully saturated rings. The second kappa shape index (κ2) is 5.71. The molecule has 1 N–H and O–H groups in total. The van der Waals surface area contributed by atoms with Crippen molar-refractivity contribution >= 4 is 0 Å². The van der Waals surface area contributed by atoms with Crippen molar-refractivity contribution in [3.05, 3.63) is 53.6 Å². The molecule has 5 heterocycles. The topological polar surface area (TPSA) is 35.2 Å². The zero-order valence-electron chi connectivity index (χ0n) is 14.4. The van der Waals surface area contributed by atoms with Crippen molar-refractivity contribution in [3.63, 3.8) is 0 Å². The Hall–Kier alpha value is -1.65. The number of aromatic amines is 1. The van der Waals surface area contributed by atoms with E-state index < -0.39 is 0 Å². The van der Waals surface area contributed by atoms with Crippen LogP contribution < -0.4 is 0 Å². The first-order chi connectivity index (χ1) is 11.8. The van der Waals surface area contributed by atoms with Crippen molar-refractivity contribution in [1.29, 1.82) is 0 Å². The number of piperidine rings is 3. The quantitative estimate of drug-likeness (QED) is 0.944. The molecule has 0 spiro atoms. The maximum absolute atomic E-state index is 4.57. The second-order valence-corrected chi connectivity index (χ2v) is 7.78. The predicted octanol–water partition coefficient (Wildman–Crippen LogP) is 2.78. The SMILES string of the molecule is Cc1[nH]cnc1CN1C[C@H](c2ccccc2)[C@H]2[C@@H]1C1CCN2CC1. The van der Waals surface area contributed by atoms with Crippen molar-refractivity contribution in [2.45, 2.75) is 44.3 Å². The maximum Gasteiger partial charge on any atom is 0.0925 e. The molecular weight excluding hydrogens is 296 g/mol. The Labute approximate surface area is 143 Å². The molecule has 0 radical (unpaired) electrons. The van der Waals surface area contributed by atoms with Crippen molar-refractivity contribution in [2.75, 3.05) is 19.6 Å². The third-order valence-electron chi connectivity index (χ3n) is 6.61. The predicted molar refractivity (Wildman–Crippen MR) is 94.8 cm³/mol. The van der Waals surface area contributed by atoms with Gasteiger partial charge in [0.1, 0.15) is 0 Å². The molecule has 4 aliphatic heterocycles. The zero-order valence-corrected chi connectivity index (χ0v) is 14.4. The minimum Gasteiger partial charge on any atom is -0.348 e. The van der Waals surface area contributed by atoms with Gasteiger partial charge in [0.25, 0.3) is 0 Å². The van der Waals surface area contributed by atoms with E-state index in [0.717, 1.165) is 12.5 Å². The summed E-state index contributed by atoms with van der Waals surface area (Å²) in [4.78, 5) is 13.3. The number of likely N-dealkylation sites (tertiary alicyclic amines) is 1. The van der Waals surface area contributed by atoms with E-state index in [4.69, 9.17) is 0 Å². The fourth-order valence-corrected chi connectivity index (χ4v) is 5.45. The normalized spacial score (nSPS) is 35.3. The summed E-state index contributed by atoms with van der Waals surface area (Å²) in [6.07, 6.45) is 4.58. The van der Waals surface area contributed by atoms with Gasteiger partial charge in [-0.1, -0.05) is 30.3 Å². The summed E-state index contributed by atoms with van der Waals surface area (Å²) in [5.74, 6) is 1.51. The van der Waals surface area contributed by atoms with Crippen LogP contribution in [0.4, 0.5) is 0 Å². The lowest BCUT2D eigenvalue weighted by molar-refractivity contribution is -0.00899. The molecule has 4 heteroatoms. The van der Waals surface area contributed by atoms with E-state index in [1.807, 2.05) is 6.33 Å². The fraction of sp³-hybridized carbons (Fsp3) is 0.550. The van der Waals surface area contributed by atoms with E-state index in [1.165, 1.54) is 49.4 Å². The highest BCUT2D eigenvalue weighted by Crippen LogP contribution is 2.46. The third-order valence-corrected chi connectivity index (χ3v) is 6.61. The lowest BCUT2D eigenvalue weighted by atomic mass is 9.75. The van der Waals surface area contributed by atoms with E-state index >= 15 is 0 Å². The van der Waals surface area contributed by atoms with E-state index in [2.05, 4.69) is 57.0 Å². The number of fused-ring (bicyclic) bond motifs is 2. The van der Waals surface area contributed by atoms with E-state index in [-0.39, 0.29) is 0 Å². The minimum absolute atomic E-state index is 0.638. The molecule has 126 valence electrons. The van der Waals surface area contributed by atoms with Crippen molar-refractivity contribution in [1.82, 2.24) is 19.8 Å². The fourth-order valence-electron chi connectivity index (χ4n) is 5.45. The van der Waals surface area contributed by atoms with Crippen LogP contribution in [0.2, 0.25) is 0 Å². The van der Waals surface area contributed by atoms with Crippen LogP contribution in [0.5, 0.6) is 0 Å². The minimum atomic E-state index is 0.638. The Kier molecular flexibility index (Phi) is 3.49. The molecule has 4 aliphatic rings. The molecule has 4 nitrogen and oxygen atoms in total. The molecular formula is C20H26N4. The second-order valence-electron chi connectivity index (χ2n) is 7.78. The highest BCUT2D eigenvalue weighted by molar-refractivity contribution is 5.27. The standard InChI is InChI=1S/C20H26N4/c1-14-18(22-13-21-14)12-24-11-17(15-5-3-2-4-6-15)20-19(24)16-7-9-23(20)10-8-16/h2-6,13,16-17,19-20H,7-12H2,1H3,(H,21,22)/t17-,19+,20+/m1/s1. The summed E-state index contributed by atoms with van der Waals surface area (Å²) < 4.78 is 0. The molecule has 0 saturated carbocycles. The number of nitrogens with zero attached hydrogens (tertiary/aromatic N) is 3. The van der Waals surface area contributed by atoms with Gasteiger partial charge in [-0.05, 0) is 44.3 Å². The molecule has 3 atom stereocenters. The van der Waals surface area contributed by atoms with Crippen molar-refractivity contribution in [3.8, 4) is 0 Å². The highest BCUT2D eigenvalue weighted by Gasteiger charge is 2.53. The van der Waals surface area contributed by atoms with Crippen LogP contribution in [0.25, 0.3) is 0 Å². The molecule has 0 unspecified atom stereocenters. The van der Waals surface area contributed by atoms with Gasteiger partial charge in [0.15, 0.2) is 0 Å². The van der Waals surface area contributed by atoms with E-state index in [0.29, 0.717) is 18.0 Å². The van der Waals surface area contributed by atoms with Gasteiger partial charge in [0, 0.05) is 36.8 Å². The van der Waals surface area contributed by atoms with Gasteiger partial charge in [0.2, 0.25) is 0 Å². The number of hydrogen-bond donors (Lipinski definition) is 1. The molecule has 24 heavy (non-hydrogen) atoms. The number of hydrogen-bond acceptors (Lipinski definition) is 3. The summed E-state index contributed by atoms with van der Waals surface area (Å²) in [6.45, 7) is 6.89. The van der Waals surface area contributed by atoms with Crippen LogP contribution >= 0.6 is 0 Å². The summed E-state index contributed by atoms with van der Waals surface area (Å²) in [7, 11) is 0. The smallest absolute Gasteiger partial charge is 0.0925 e. The average Bonchev–Trinajstić information content (AvgIpc) is 3.23. The van der Waals surface area contributed by atoms with Crippen LogP contribution in [-0.2, 0) is 6.54 Å². The Morgan fingerprint density at radius 1 is 1.12 bits per heavy atom. The molecule has 4 saturated heterocycles. The Morgan fingerprint density at radius 3 is 2.62 bits per heavy atom. The number of rotatable bonds is 3. The zero-order chi connectivity index (χ0) is 16.1. The Bertz CT molecular complexity index is 701. The van der Waals surface area contributed by atoms with Gasteiger partial charge in [-0.3, -0.25) is 9.80 Å². The number of aromatic nitrogens is 2. The summed E-state index contributed by atoms with van der Waals surface area (Å²) >= 11 is 0. The summed E-state index contributed by atoms with van der Waals surface area (Å²) in [5, 5.41) is 0. The summed E-state index contributed by atoms with van der Waals surface area (Å²) in [5.41, 5.74) is 3.95. The first-order valence-corrected chi connectivity index (χ1v) is 9.33. The van der Waals surface area contributed by atoms with Crippen LogP contribution in [-0.4, -0.2) is 51.5 Å². The molecule has 1 aromatic heterocycles.